The molecule has 1 aliphatic carbocycles. The minimum absolute atomic E-state index is 0.242. The summed E-state index contributed by atoms with van der Waals surface area (Å²) < 4.78 is 13.8. The number of benzene rings is 5. The molecule has 3 aliphatic rings. The largest absolute Gasteiger partial charge is 0.456 e. The summed E-state index contributed by atoms with van der Waals surface area (Å²) in [5, 5.41) is 4.84. The minimum Gasteiger partial charge on any atom is -0.456 e. The minimum atomic E-state index is 0.242. The van der Waals surface area contributed by atoms with E-state index in [1.165, 1.54) is 26.6 Å². The van der Waals surface area contributed by atoms with Gasteiger partial charge < -0.3 is 14.8 Å². The molecule has 1 aromatic heterocycles. The number of fused-ring (bicyclic) bond motifs is 9. The maximum Gasteiger partial charge on any atom is 0.136 e. The summed E-state index contributed by atoms with van der Waals surface area (Å²) in [5.74, 6) is 3.47. The fourth-order valence-corrected chi connectivity index (χ4v) is 8.00. The van der Waals surface area contributed by atoms with Crippen LogP contribution < -0.4 is 14.8 Å². The standard InChI is InChI=1S/C41H29NO2S/c1-2-10-26(11-3-1)27-19-21-32-33-22-20-28(29-14-8-18-39-40(29)34-15-9-23-42-41(34)45-39)25-38(33)44-36-17-7-5-13-31(36)30-12-4-6-16-35(30)43-37(32)24-27/h1-13,15-22,24-25,29,42H,14,23H2. The number of allylic oxidation sites excluding steroid dienone is 1. The lowest BCUT2D eigenvalue weighted by Gasteiger charge is -2.25. The average Bonchev–Trinajstić information content (AvgIpc) is 3.48. The van der Waals surface area contributed by atoms with Crippen LogP contribution in [-0.2, 0) is 0 Å². The zero-order valence-corrected chi connectivity index (χ0v) is 25.3. The van der Waals surface area contributed by atoms with Gasteiger partial charge in [0, 0.05) is 45.2 Å². The van der Waals surface area contributed by atoms with Gasteiger partial charge in [-0.05, 0) is 65.1 Å². The topological polar surface area (TPSA) is 30.5 Å². The van der Waals surface area contributed by atoms with Crippen molar-refractivity contribution in [2.75, 3.05) is 11.9 Å². The number of nitrogens with one attached hydrogen (secondary N) is 1. The van der Waals surface area contributed by atoms with Crippen LogP contribution in [0.2, 0.25) is 0 Å². The van der Waals surface area contributed by atoms with Crippen molar-refractivity contribution in [1.82, 2.24) is 0 Å². The van der Waals surface area contributed by atoms with Crippen LogP contribution in [-0.4, -0.2) is 6.54 Å². The van der Waals surface area contributed by atoms with Crippen molar-refractivity contribution in [2.45, 2.75) is 12.3 Å². The van der Waals surface area contributed by atoms with Gasteiger partial charge in [-0.2, -0.15) is 0 Å². The molecule has 0 fully saturated rings. The molecule has 3 heterocycles. The Hall–Kier alpha value is -5.32. The van der Waals surface area contributed by atoms with Crippen LogP contribution in [0, 0.1) is 0 Å². The fourth-order valence-electron chi connectivity index (χ4n) is 6.81. The first kappa shape index (κ1) is 26.1. The first-order chi connectivity index (χ1) is 22.3. The second-order valence-electron chi connectivity index (χ2n) is 11.6. The Morgan fingerprint density at radius 1 is 0.578 bits per heavy atom. The van der Waals surface area contributed by atoms with Gasteiger partial charge in [0.1, 0.15) is 23.0 Å². The Morgan fingerprint density at radius 2 is 1.24 bits per heavy atom. The van der Waals surface area contributed by atoms with E-state index in [-0.39, 0.29) is 5.92 Å². The molecule has 6 aromatic rings. The second-order valence-corrected chi connectivity index (χ2v) is 12.7. The molecule has 5 aromatic carbocycles. The van der Waals surface area contributed by atoms with Crippen molar-refractivity contribution >= 4 is 28.5 Å². The van der Waals surface area contributed by atoms with Gasteiger partial charge in [-0.1, -0.05) is 103 Å². The maximum atomic E-state index is 6.96. The molecule has 45 heavy (non-hydrogen) atoms. The van der Waals surface area contributed by atoms with Crippen molar-refractivity contribution in [3.05, 3.63) is 149 Å². The first-order valence-electron chi connectivity index (χ1n) is 15.4. The molecule has 0 amide bonds. The molecule has 3 nitrogen and oxygen atoms in total. The SMILES string of the molecule is C1=Cc2c(sc3c2C(c2ccc4c(c2)Oc2ccccc2-c2ccccc2Oc2cc(-c5ccccc5)ccc2-4)CC=C3)NC1. The van der Waals surface area contributed by atoms with Gasteiger partial charge in [0.05, 0.1) is 5.00 Å². The highest BCUT2D eigenvalue weighted by atomic mass is 32.1. The molecule has 1 N–H and O–H groups in total. The van der Waals surface area contributed by atoms with E-state index in [1.54, 1.807) is 0 Å². The molecule has 0 bridgehead atoms. The van der Waals surface area contributed by atoms with Gasteiger partial charge in [-0.25, -0.2) is 0 Å². The summed E-state index contributed by atoms with van der Waals surface area (Å²) in [6, 6.07) is 40.2. The van der Waals surface area contributed by atoms with Gasteiger partial charge in [0.25, 0.3) is 0 Å². The number of ether oxygens (including phenoxy) is 2. The monoisotopic (exact) mass is 599 g/mol. The van der Waals surface area contributed by atoms with Crippen molar-refractivity contribution in [3.63, 3.8) is 0 Å². The number of rotatable bonds is 2. The fraction of sp³-hybridized carbons (Fsp3) is 0.0732. The normalized spacial score (nSPS) is 15.5. The third kappa shape index (κ3) is 4.49. The smallest absolute Gasteiger partial charge is 0.136 e. The molecule has 9 rings (SSSR count). The van der Waals surface area contributed by atoms with E-state index in [0.29, 0.717) is 0 Å². The van der Waals surface area contributed by atoms with Crippen LogP contribution in [0.5, 0.6) is 23.0 Å². The predicted octanol–water partition coefficient (Wildman–Crippen LogP) is 11.6. The summed E-state index contributed by atoms with van der Waals surface area (Å²) in [5.41, 5.74) is 10.2. The summed E-state index contributed by atoms with van der Waals surface area (Å²) in [6.45, 7) is 0.878. The van der Waals surface area contributed by atoms with Crippen LogP contribution in [0.3, 0.4) is 0 Å². The average molecular weight is 600 g/mol. The molecule has 1 atom stereocenters. The van der Waals surface area contributed by atoms with Crippen LogP contribution >= 0.6 is 11.3 Å². The second kappa shape index (κ2) is 10.7. The number of hydrogen-bond donors (Lipinski definition) is 1. The molecule has 0 radical (unpaired) electrons. The summed E-state index contributed by atoms with van der Waals surface area (Å²) in [7, 11) is 0. The lowest BCUT2D eigenvalue weighted by Crippen LogP contribution is -2.08. The van der Waals surface area contributed by atoms with Gasteiger partial charge in [0.15, 0.2) is 0 Å². The van der Waals surface area contributed by atoms with Crippen LogP contribution in [0.15, 0.2) is 127 Å². The highest BCUT2D eigenvalue weighted by Gasteiger charge is 2.28. The highest BCUT2D eigenvalue weighted by Crippen LogP contribution is 2.51. The number of para-hydroxylation sites is 2. The Labute approximate surface area is 266 Å². The predicted molar refractivity (Wildman–Crippen MR) is 187 cm³/mol. The van der Waals surface area contributed by atoms with E-state index in [2.05, 4.69) is 121 Å². The van der Waals surface area contributed by atoms with E-state index in [1.807, 2.05) is 35.6 Å². The van der Waals surface area contributed by atoms with Crippen LogP contribution in [0.4, 0.5) is 5.00 Å². The first-order valence-corrected chi connectivity index (χ1v) is 16.2. The van der Waals surface area contributed by atoms with Crippen LogP contribution in [0.25, 0.3) is 45.5 Å². The van der Waals surface area contributed by atoms with Gasteiger partial charge in [-0.15, -0.1) is 11.3 Å². The quantitative estimate of drug-likeness (QED) is 0.214. The zero-order valence-electron chi connectivity index (χ0n) is 24.5. The Morgan fingerprint density at radius 3 is 2.02 bits per heavy atom. The lowest BCUT2D eigenvalue weighted by atomic mass is 9.82. The Bertz CT molecular complexity index is 2160. The molecule has 0 saturated carbocycles. The van der Waals surface area contributed by atoms with E-state index >= 15 is 0 Å². The Kier molecular flexibility index (Phi) is 6.20. The number of hydrogen-bond acceptors (Lipinski definition) is 4. The van der Waals surface area contributed by atoms with Crippen molar-refractivity contribution < 1.29 is 9.47 Å². The molecule has 2 aliphatic heterocycles. The third-order valence-corrected chi connectivity index (χ3v) is 10.1. The lowest BCUT2D eigenvalue weighted by molar-refractivity contribution is 0.472. The Balaban J connectivity index is 1.25. The van der Waals surface area contributed by atoms with E-state index in [0.717, 1.165) is 69.3 Å². The van der Waals surface area contributed by atoms with E-state index < -0.39 is 0 Å². The third-order valence-electron chi connectivity index (χ3n) is 8.96. The van der Waals surface area contributed by atoms with Crippen molar-refractivity contribution in [1.29, 1.82) is 0 Å². The zero-order chi connectivity index (χ0) is 29.7. The molecule has 0 spiro atoms. The summed E-state index contributed by atoms with van der Waals surface area (Å²) in [4.78, 5) is 1.34. The van der Waals surface area contributed by atoms with Crippen LogP contribution in [0.1, 0.15) is 33.9 Å². The van der Waals surface area contributed by atoms with E-state index in [4.69, 9.17) is 9.47 Å². The van der Waals surface area contributed by atoms with Crippen molar-refractivity contribution in [3.8, 4) is 56.4 Å². The number of thiophene rings is 1. The number of anilines is 1. The molecule has 4 heteroatoms. The summed E-state index contributed by atoms with van der Waals surface area (Å²) in [6.07, 6.45) is 10.1. The highest BCUT2D eigenvalue weighted by molar-refractivity contribution is 7.17. The maximum absolute atomic E-state index is 6.96. The molecular formula is C41H29NO2S. The summed E-state index contributed by atoms with van der Waals surface area (Å²) >= 11 is 1.85. The van der Waals surface area contributed by atoms with E-state index in [9.17, 15) is 0 Å². The molecule has 1 unspecified atom stereocenters. The van der Waals surface area contributed by atoms with Gasteiger partial charge in [-0.3, -0.25) is 0 Å². The molecule has 216 valence electrons. The molecule has 0 saturated heterocycles. The van der Waals surface area contributed by atoms with Gasteiger partial charge in [0.2, 0.25) is 0 Å². The molecular weight excluding hydrogens is 571 g/mol. The van der Waals surface area contributed by atoms with Crippen molar-refractivity contribution in [2.24, 2.45) is 0 Å². The van der Waals surface area contributed by atoms with Gasteiger partial charge >= 0.3 is 0 Å².